The zero-order chi connectivity index (χ0) is 21.2. The highest BCUT2D eigenvalue weighted by Gasteiger charge is 2.34. The van der Waals surface area contributed by atoms with Gasteiger partial charge in [0.2, 0.25) is 5.91 Å². The number of nitrogens with zero attached hydrogens (tertiary/aromatic N) is 3. The van der Waals surface area contributed by atoms with Crippen LogP contribution in [0.2, 0.25) is 0 Å². The molecule has 1 amide bonds. The van der Waals surface area contributed by atoms with Crippen molar-refractivity contribution < 1.29 is 17.9 Å². The van der Waals surface area contributed by atoms with Crippen molar-refractivity contribution in [2.24, 2.45) is 4.40 Å². The van der Waals surface area contributed by atoms with Gasteiger partial charge in [0.05, 0.1) is 13.0 Å². The Balaban J connectivity index is 1.83. The SMILES string of the molecule is COCCC(=O)N1CCCN(C2=NS(=O)(=O)C(c3ccc(C)c(C)c3)=C2C)CC1. The fraction of sp³-hybridized carbons (Fsp3) is 0.524. The highest BCUT2D eigenvalue weighted by atomic mass is 32.2. The Labute approximate surface area is 173 Å². The van der Waals surface area contributed by atoms with Gasteiger partial charge in [-0.05, 0) is 43.9 Å². The minimum Gasteiger partial charge on any atom is -0.384 e. The molecule has 1 saturated heterocycles. The van der Waals surface area contributed by atoms with Crippen molar-refractivity contribution in [3.63, 3.8) is 0 Å². The quantitative estimate of drug-likeness (QED) is 0.749. The molecule has 1 fully saturated rings. The summed E-state index contributed by atoms with van der Waals surface area (Å²) in [6, 6.07) is 5.69. The van der Waals surface area contributed by atoms with Crippen LogP contribution >= 0.6 is 0 Å². The number of amides is 1. The molecule has 1 aromatic rings. The molecular formula is C21H29N3O4S. The first-order valence-corrected chi connectivity index (χ1v) is 11.3. The summed E-state index contributed by atoms with van der Waals surface area (Å²) in [7, 11) is -2.16. The molecule has 0 spiro atoms. The van der Waals surface area contributed by atoms with E-state index in [0.29, 0.717) is 56.2 Å². The lowest BCUT2D eigenvalue weighted by atomic mass is 10.0. The van der Waals surface area contributed by atoms with Crippen molar-refractivity contribution in [1.29, 1.82) is 0 Å². The topological polar surface area (TPSA) is 79.3 Å². The molecule has 0 N–H and O–H groups in total. The van der Waals surface area contributed by atoms with Gasteiger partial charge in [0.25, 0.3) is 10.0 Å². The molecule has 2 heterocycles. The van der Waals surface area contributed by atoms with E-state index >= 15 is 0 Å². The normalized spacial score (nSPS) is 19.4. The third kappa shape index (κ3) is 4.53. The summed E-state index contributed by atoms with van der Waals surface area (Å²) in [5.41, 5.74) is 3.52. The molecule has 0 atom stereocenters. The Bertz CT molecular complexity index is 966. The lowest BCUT2D eigenvalue weighted by Crippen LogP contribution is -2.37. The van der Waals surface area contributed by atoms with Crippen molar-refractivity contribution in [1.82, 2.24) is 9.80 Å². The van der Waals surface area contributed by atoms with Gasteiger partial charge in [-0.2, -0.15) is 8.42 Å². The van der Waals surface area contributed by atoms with Crippen molar-refractivity contribution in [2.75, 3.05) is 39.9 Å². The van der Waals surface area contributed by atoms with Gasteiger partial charge in [-0.3, -0.25) is 4.79 Å². The zero-order valence-corrected chi connectivity index (χ0v) is 18.4. The van der Waals surface area contributed by atoms with Crippen molar-refractivity contribution in [3.8, 4) is 0 Å². The van der Waals surface area contributed by atoms with E-state index in [2.05, 4.69) is 4.40 Å². The van der Waals surface area contributed by atoms with E-state index in [9.17, 15) is 13.2 Å². The fourth-order valence-corrected chi connectivity index (χ4v) is 5.27. The van der Waals surface area contributed by atoms with E-state index in [-0.39, 0.29) is 10.8 Å². The van der Waals surface area contributed by atoms with Gasteiger partial charge < -0.3 is 14.5 Å². The van der Waals surface area contributed by atoms with E-state index in [1.54, 1.807) is 7.11 Å². The Morgan fingerprint density at radius 2 is 1.86 bits per heavy atom. The maximum absolute atomic E-state index is 12.8. The molecule has 7 nitrogen and oxygen atoms in total. The number of benzene rings is 1. The van der Waals surface area contributed by atoms with Gasteiger partial charge >= 0.3 is 0 Å². The number of aryl methyl sites for hydroxylation is 2. The zero-order valence-electron chi connectivity index (χ0n) is 17.6. The van der Waals surface area contributed by atoms with E-state index < -0.39 is 10.0 Å². The van der Waals surface area contributed by atoms with Crippen LogP contribution in [-0.2, 0) is 19.6 Å². The number of hydrogen-bond donors (Lipinski definition) is 0. The van der Waals surface area contributed by atoms with Crippen LogP contribution in [0.15, 0.2) is 28.2 Å². The van der Waals surface area contributed by atoms with Crippen LogP contribution in [0.4, 0.5) is 0 Å². The second-order valence-corrected chi connectivity index (χ2v) is 9.15. The largest absolute Gasteiger partial charge is 0.384 e. The summed E-state index contributed by atoms with van der Waals surface area (Å²) in [4.78, 5) is 16.4. The number of carbonyl (C=O) groups is 1. The van der Waals surface area contributed by atoms with E-state index in [0.717, 1.165) is 17.5 Å². The number of ether oxygens (including phenoxy) is 1. The molecular weight excluding hydrogens is 390 g/mol. The number of amidine groups is 1. The second kappa shape index (κ2) is 8.67. The van der Waals surface area contributed by atoms with Crippen LogP contribution < -0.4 is 0 Å². The Kier molecular flexibility index (Phi) is 6.43. The predicted molar refractivity (Wildman–Crippen MR) is 114 cm³/mol. The van der Waals surface area contributed by atoms with Crippen LogP contribution in [0.3, 0.4) is 0 Å². The first-order valence-electron chi connectivity index (χ1n) is 9.90. The molecule has 8 heteroatoms. The highest BCUT2D eigenvalue weighted by Crippen LogP contribution is 2.34. The molecule has 3 rings (SSSR count). The highest BCUT2D eigenvalue weighted by molar-refractivity contribution is 8.00. The molecule has 0 bridgehead atoms. The Hall–Kier alpha value is -2.19. The summed E-state index contributed by atoms with van der Waals surface area (Å²) < 4.78 is 34.8. The maximum atomic E-state index is 12.8. The first kappa shape index (κ1) is 21.5. The summed E-state index contributed by atoms with van der Waals surface area (Å²) in [6.07, 6.45) is 1.13. The van der Waals surface area contributed by atoms with Crippen molar-refractivity contribution in [2.45, 2.75) is 33.6 Å². The van der Waals surface area contributed by atoms with Crippen LogP contribution in [0.25, 0.3) is 4.91 Å². The summed E-state index contributed by atoms with van der Waals surface area (Å²) >= 11 is 0. The third-order valence-electron chi connectivity index (χ3n) is 5.58. The summed E-state index contributed by atoms with van der Waals surface area (Å²) in [5, 5.41) is 0. The molecule has 2 aliphatic rings. The number of hydrogen-bond acceptors (Lipinski definition) is 5. The fourth-order valence-electron chi connectivity index (χ4n) is 3.79. The lowest BCUT2D eigenvalue weighted by molar-refractivity contribution is -0.131. The van der Waals surface area contributed by atoms with Gasteiger partial charge in [-0.25, -0.2) is 0 Å². The molecule has 0 saturated carbocycles. The smallest absolute Gasteiger partial charge is 0.285 e. The maximum Gasteiger partial charge on any atom is 0.285 e. The van der Waals surface area contributed by atoms with E-state index in [4.69, 9.17) is 4.74 Å². The van der Waals surface area contributed by atoms with E-state index in [1.807, 2.05) is 48.8 Å². The van der Waals surface area contributed by atoms with Crippen LogP contribution in [0, 0.1) is 13.8 Å². The molecule has 1 aromatic carbocycles. The van der Waals surface area contributed by atoms with Gasteiger partial charge in [-0.15, -0.1) is 4.40 Å². The van der Waals surface area contributed by atoms with Gasteiger partial charge in [0, 0.05) is 38.9 Å². The van der Waals surface area contributed by atoms with Crippen molar-refractivity contribution >= 4 is 26.7 Å². The van der Waals surface area contributed by atoms with Gasteiger partial charge in [0.1, 0.15) is 10.7 Å². The molecule has 0 aromatic heterocycles. The van der Waals surface area contributed by atoms with Gasteiger partial charge in [-0.1, -0.05) is 18.2 Å². The average Bonchev–Trinajstić information content (AvgIpc) is 2.83. The van der Waals surface area contributed by atoms with Crippen LogP contribution in [0.1, 0.15) is 36.5 Å². The average molecular weight is 420 g/mol. The number of methoxy groups -OCH3 is 1. The summed E-state index contributed by atoms with van der Waals surface area (Å²) in [6.45, 7) is 8.64. The molecule has 158 valence electrons. The molecule has 29 heavy (non-hydrogen) atoms. The van der Waals surface area contributed by atoms with Gasteiger partial charge in [0.15, 0.2) is 0 Å². The van der Waals surface area contributed by atoms with E-state index in [1.165, 1.54) is 0 Å². The minimum atomic E-state index is -3.74. The number of rotatable bonds is 4. The standard InChI is InChI=1S/C21H29N3O4S/c1-15-6-7-18(14-16(15)2)20-17(3)21(22-29(20,26)27)24-10-5-9-23(11-12-24)19(25)8-13-28-4/h6-7,14H,5,8-13H2,1-4H3. The number of carbonyl (C=O) groups excluding carboxylic acids is 1. The Morgan fingerprint density at radius 3 is 2.55 bits per heavy atom. The van der Waals surface area contributed by atoms with Crippen molar-refractivity contribution in [3.05, 3.63) is 40.5 Å². The molecule has 2 aliphatic heterocycles. The lowest BCUT2D eigenvalue weighted by Gasteiger charge is -2.23. The molecule has 0 aliphatic carbocycles. The first-order chi connectivity index (χ1) is 13.7. The molecule has 0 radical (unpaired) electrons. The van der Waals surface area contributed by atoms with Crippen LogP contribution in [0.5, 0.6) is 0 Å². The Morgan fingerprint density at radius 1 is 1.10 bits per heavy atom. The minimum absolute atomic E-state index is 0.0674. The summed E-state index contributed by atoms with van der Waals surface area (Å²) in [5.74, 6) is 0.571. The monoisotopic (exact) mass is 419 g/mol. The number of sulfonamides is 1. The molecule has 0 unspecified atom stereocenters. The predicted octanol–water partition coefficient (Wildman–Crippen LogP) is 2.35. The third-order valence-corrected chi connectivity index (χ3v) is 7.05. The van der Waals surface area contributed by atoms with Crippen LogP contribution in [-0.4, -0.2) is 69.9 Å². The second-order valence-electron chi connectivity index (χ2n) is 7.61.